The van der Waals surface area contributed by atoms with E-state index in [0.717, 1.165) is 39.1 Å². The zero-order valence-corrected chi connectivity index (χ0v) is 57.6. The summed E-state index contributed by atoms with van der Waals surface area (Å²) < 4.78 is 2.00. The number of rotatable bonds is 0. The third-order valence-corrected chi connectivity index (χ3v) is 14.9. The highest BCUT2D eigenvalue weighted by Crippen LogP contribution is 2.07. The van der Waals surface area contributed by atoms with Gasteiger partial charge in [-0.1, -0.05) is 105 Å². The second-order valence-corrected chi connectivity index (χ2v) is 24.2. The number of likely N-dealkylation sites (tertiary alicyclic amines) is 2. The first-order valence-corrected chi connectivity index (χ1v) is 33.0. The van der Waals surface area contributed by atoms with Gasteiger partial charge in [-0.2, -0.15) is 0 Å². The molecule has 0 saturated carbocycles. The molecule has 0 N–H and O–H groups in total. The van der Waals surface area contributed by atoms with Crippen molar-refractivity contribution >= 4 is 0 Å². The van der Waals surface area contributed by atoms with Gasteiger partial charge in [-0.3, -0.25) is 4.90 Å². The lowest BCUT2D eigenvalue weighted by atomic mass is 10.1. The van der Waals surface area contributed by atoms with Crippen LogP contribution in [0.4, 0.5) is 0 Å². The van der Waals surface area contributed by atoms with Crippen LogP contribution in [-0.2, 0) is 7.05 Å². The molecule has 0 spiro atoms. The molecule has 0 radical (unpaired) electrons. The van der Waals surface area contributed by atoms with E-state index < -0.39 is 0 Å². The first-order valence-electron chi connectivity index (χ1n) is 33.0. The molecule has 0 aliphatic carbocycles. The average molecular weight is 1210 g/mol. The van der Waals surface area contributed by atoms with Gasteiger partial charge in [0.05, 0.1) is 0 Å². The van der Waals surface area contributed by atoms with E-state index in [1.54, 1.807) is 0 Å². The highest BCUT2D eigenvalue weighted by molar-refractivity contribution is 5.07. The smallest absolute Gasteiger partial charge is 0.0353 e. The second kappa shape index (κ2) is 58.3. The molecule has 0 bridgehead atoms. The maximum absolute atomic E-state index is 2.39. The highest BCUT2D eigenvalue weighted by Gasteiger charge is 2.04. The van der Waals surface area contributed by atoms with Crippen molar-refractivity contribution in [3.63, 3.8) is 0 Å². The molecular formula is C74H135N13. The molecule has 496 valence electrons. The first-order chi connectivity index (χ1) is 41.6. The minimum absolute atomic E-state index is 0. The lowest BCUT2D eigenvalue weighted by Gasteiger charge is -2.20. The fourth-order valence-electron chi connectivity index (χ4n) is 9.17. The van der Waals surface area contributed by atoms with Gasteiger partial charge < -0.3 is 58.5 Å². The SMILES string of the molecule is C.CN1C=CC=CC1.CN1C=CCC1.CN1C=CCC1.CN1C=CCC=C1.CN1C=CCCC1.CN1C=CCCC1.CN1C=CCCC1.CN1CC=CC1.CN1CC=CCC1.CN1CC=CCC1.CN1CCCC1.CN1CCCCC1.Cn1cccc1. The van der Waals surface area contributed by atoms with Crippen molar-refractivity contribution in [1.82, 2.24) is 63.4 Å². The minimum atomic E-state index is 0. The molecule has 13 heterocycles. The van der Waals surface area contributed by atoms with Gasteiger partial charge in [0.1, 0.15) is 0 Å². The summed E-state index contributed by atoms with van der Waals surface area (Å²) in [6, 6.07) is 4.00. The molecule has 13 nitrogen and oxygen atoms in total. The number of likely N-dealkylation sites (N-methyl/N-ethyl adjacent to an activating group) is 4. The Labute approximate surface area is 538 Å². The van der Waals surface area contributed by atoms with E-state index in [0.29, 0.717) is 0 Å². The fourth-order valence-corrected chi connectivity index (χ4v) is 9.17. The van der Waals surface area contributed by atoms with Crippen LogP contribution in [0.1, 0.15) is 110 Å². The Morgan fingerprint density at radius 2 is 0.586 bits per heavy atom. The van der Waals surface area contributed by atoms with Crippen LogP contribution in [0.3, 0.4) is 0 Å². The molecule has 13 heteroatoms. The van der Waals surface area contributed by atoms with E-state index in [1.165, 1.54) is 168 Å². The van der Waals surface area contributed by atoms with E-state index in [1.807, 2.05) is 54.2 Å². The Balaban J connectivity index is 0.000000921. The van der Waals surface area contributed by atoms with Crippen molar-refractivity contribution in [1.29, 1.82) is 0 Å². The molecule has 0 aromatic carbocycles. The summed E-state index contributed by atoms with van der Waals surface area (Å²) in [7, 11) is 27.3. The maximum Gasteiger partial charge on any atom is 0.0353 e. The van der Waals surface area contributed by atoms with Crippen LogP contribution in [0.5, 0.6) is 0 Å². The molecule has 87 heavy (non-hydrogen) atoms. The third kappa shape index (κ3) is 56.8. The van der Waals surface area contributed by atoms with Gasteiger partial charge in [0.25, 0.3) is 0 Å². The Kier molecular flexibility index (Phi) is 54.6. The number of allylic oxidation sites excluding steroid dienone is 7. The lowest BCUT2D eigenvalue weighted by Crippen LogP contribution is -2.24. The molecule has 12 aliphatic rings. The van der Waals surface area contributed by atoms with Crippen LogP contribution >= 0.6 is 0 Å². The van der Waals surface area contributed by atoms with Gasteiger partial charge >= 0.3 is 0 Å². The van der Waals surface area contributed by atoms with Crippen molar-refractivity contribution < 1.29 is 0 Å². The van der Waals surface area contributed by atoms with Crippen LogP contribution in [0, 0.1) is 0 Å². The summed E-state index contributed by atoms with van der Waals surface area (Å²) in [6.07, 6.45) is 76.4. The number of aryl methyl sites for hydroxylation is 1. The molecule has 0 atom stereocenters. The summed E-state index contributed by atoms with van der Waals surface area (Å²) in [5.41, 5.74) is 0. The van der Waals surface area contributed by atoms with Crippen LogP contribution in [-0.4, -0.2) is 253 Å². The lowest BCUT2D eigenvalue weighted by molar-refractivity contribution is 0.277. The molecule has 12 aliphatic heterocycles. The van der Waals surface area contributed by atoms with E-state index >= 15 is 0 Å². The fraction of sp³-hybridized carbons (Fsp3) is 0.622. The predicted molar refractivity (Wildman–Crippen MR) is 387 cm³/mol. The molecular weight excluding hydrogens is 1070 g/mol. The van der Waals surface area contributed by atoms with Crippen LogP contribution in [0.2, 0.25) is 0 Å². The molecule has 0 amide bonds. The molecule has 2 saturated heterocycles. The summed E-state index contributed by atoms with van der Waals surface area (Å²) >= 11 is 0. The number of aromatic nitrogens is 1. The average Bonchev–Trinajstić information content (AvgIpc) is 4.43. The van der Waals surface area contributed by atoms with Gasteiger partial charge in [-0.25, -0.2) is 0 Å². The number of nitrogens with zero attached hydrogens (tertiary/aromatic N) is 13. The number of hydrogen-bond acceptors (Lipinski definition) is 12. The normalized spacial score (nSPS) is 20.3. The van der Waals surface area contributed by atoms with Gasteiger partial charge in [0.15, 0.2) is 0 Å². The minimum Gasteiger partial charge on any atom is -0.381 e. The molecule has 13 rings (SSSR count). The Hall–Kier alpha value is -5.44. The Bertz CT molecular complexity index is 1920. The largest absolute Gasteiger partial charge is 0.381 e. The topological polar surface area (TPSA) is 43.8 Å². The summed E-state index contributed by atoms with van der Waals surface area (Å²) in [6.45, 7) is 19.5. The van der Waals surface area contributed by atoms with Gasteiger partial charge in [0.2, 0.25) is 0 Å². The summed E-state index contributed by atoms with van der Waals surface area (Å²) in [5.74, 6) is 0. The van der Waals surface area contributed by atoms with Gasteiger partial charge in [-0.05, 0) is 226 Å². The zero-order chi connectivity index (χ0) is 62.9. The standard InChI is InChI=1S/C6H13N.5C6H11N.2C6H9N.C5H11N.3C5H9N.C5H7N.CH4/c8*1-7-5-3-2-4-6-7;5*1-6-4-2-3-5-6;/h2-6H2,1H3;3*3,5H,2,4,6H2,1H3;2*2-3H,4-6H2,1H3;3-6H,2H2,1H3;2-5H,6H2,1H3;2-5H2,1H3;2*2,4H,3,5H2,1H3;2-3H,4-5H2,1H3;2-5H,1H3;1H4. The molecule has 1 aromatic heterocycles. The van der Waals surface area contributed by atoms with Crippen LogP contribution in [0.25, 0.3) is 0 Å². The van der Waals surface area contributed by atoms with Crippen LogP contribution < -0.4 is 0 Å². The first kappa shape index (κ1) is 81.6. The maximum atomic E-state index is 2.39. The van der Waals surface area contributed by atoms with Crippen molar-refractivity contribution in [2.24, 2.45) is 7.05 Å². The van der Waals surface area contributed by atoms with E-state index in [2.05, 4.69) is 272 Å². The van der Waals surface area contributed by atoms with Crippen molar-refractivity contribution in [3.05, 3.63) is 171 Å². The second-order valence-electron chi connectivity index (χ2n) is 24.2. The monoisotopic (exact) mass is 1210 g/mol. The number of piperidine rings is 1. The molecule has 2 fully saturated rings. The Morgan fingerprint density at radius 1 is 0.230 bits per heavy atom. The highest BCUT2D eigenvalue weighted by atomic mass is 15.1. The van der Waals surface area contributed by atoms with Gasteiger partial charge in [0, 0.05) is 147 Å². The zero-order valence-electron chi connectivity index (χ0n) is 57.6. The van der Waals surface area contributed by atoms with Crippen molar-refractivity contribution in [2.75, 3.05) is 189 Å². The van der Waals surface area contributed by atoms with Crippen molar-refractivity contribution in [2.45, 2.75) is 110 Å². The molecule has 0 unspecified atom stereocenters. The van der Waals surface area contributed by atoms with E-state index in [9.17, 15) is 0 Å². The third-order valence-electron chi connectivity index (χ3n) is 14.9. The van der Waals surface area contributed by atoms with Gasteiger partial charge in [-0.15, -0.1) is 0 Å². The molecule has 1 aromatic rings. The number of hydrogen-bond donors (Lipinski definition) is 0. The predicted octanol–water partition coefficient (Wildman–Crippen LogP) is 13.4. The van der Waals surface area contributed by atoms with Crippen molar-refractivity contribution in [3.8, 4) is 0 Å². The van der Waals surface area contributed by atoms with E-state index in [4.69, 9.17) is 0 Å². The summed E-state index contributed by atoms with van der Waals surface area (Å²) in [5, 5.41) is 0. The Morgan fingerprint density at radius 3 is 0.736 bits per heavy atom. The van der Waals surface area contributed by atoms with E-state index in [-0.39, 0.29) is 7.43 Å². The quantitative estimate of drug-likeness (QED) is 0.233. The summed E-state index contributed by atoms with van der Waals surface area (Å²) in [4.78, 5) is 26.8. The van der Waals surface area contributed by atoms with Crippen LogP contribution in [0.15, 0.2) is 171 Å².